The molecule has 0 bridgehead atoms. The standard InChI is InChI=1S/C30H34N4O4S/c1-29(2,3)38-28(37)32-23(17-20-7-5-4-6-8-20)27(36)34-15-11-30(12-16-34)19-24(35)26-22(33-30)18-25(39-26)21-9-13-31-14-10-21/h4-10,13-14,18,23,33H,11-12,15-17,19H2,1-3H3,(H,32,37). The van der Waals surface area contributed by atoms with E-state index in [0.717, 1.165) is 26.6 Å². The van der Waals surface area contributed by atoms with Gasteiger partial charge < -0.3 is 20.3 Å². The number of ketones is 1. The average molecular weight is 547 g/mol. The van der Waals surface area contributed by atoms with Crippen LogP contribution in [0.15, 0.2) is 60.9 Å². The summed E-state index contributed by atoms with van der Waals surface area (Å²) in [6.07, 6.45) is 4.96. The van der Waals surface area contributed by atoms with Crippen LogP contribution in [0.1, 0.15) is 55.3 Å². The van der Waals surface area contributed by atoms with E-state index in [1.54, 1.807) is 38.1 Å². The Bertz CT molecular complexity index is 1340. The van der Waals surface area contributed by atoms with Gasteiger partial charge in [-0.15, -0.1) is 11.3 Å². The summed E-state index contributed by atoms with van der Waals surface area (Å²) in [7, 11) is 0. The van der Waals surface area contributed by atoms with Crippen LogP contribution in [-0.4, -0.2) is 57.9 Å². The number of hydrogen-bond donors (Lipinski definition) is 2. The minimum atomic E-state index is -0.747. The number of carbonyl (C=O) groups is 3. The zero-order chi connectivity index (χ0) is 27.6. The predicted octanol–water partition coefficient (Wildman–Crippen LogP) is 5.31. The van der Waals surface area contributed by atoms with Gasteiger partial charge in [-0.2, -0.15) is 0 Å². The lowest BCUT2D eigenvalue weighted by Gasteiger charge is -2.45. The molecule has 0 saturated carbocycles. The number of thiophene rings is 1. The minimum Gasteiger partial charge on any atom is -0.444 e. The molecule has 39 heavy (non-hydrogen) atoms. The van der Waals surface area contributed by atoms with E-state index in [2.05, 4.69) is 15.6 Å². The Balaban J connectivity index is 1.27. The summed E-state index contributed by atoms with van der Waals surface area (Å²) in [6, 6.07) is 14.8. The minimum absolute atomic E-state index is 0.141. The molecule has 4 heterocycles. The molecule has 2 aliphatic rings. The van der Waals surface area contributed by atoms with Gasteiger partial charge in [0.05, 0.1) is 10.6 Å². The Morgan fingerprint density at radius 3 is 2.49 bits per heavy atom. The molecule has 1 unspecified atom stereocenters. The Morgan fingerprint density at radius 2 is 1.82 bits per heavy atom. The van der Waals surface area contributed by atoms with E-state index >= 15 is 0 Å². The van der Waals surface area contributed by atoms with Gasteiger partial charge in [0.2, 0.25) is 5.91 Å². The molecule has 3 aromatic rings. The van der Waals surface area contributed by atoms with Crippen LogP contribution in [0.4, 0.5) is 10.5 Å². The maximum Gasteiger partial charge on any atom is 0.408 e. The first-order valence-electron chi connectivity index (χ1n) is 13.3. The van der Waals surface area contributed by atoms with Crippen molar-refractivity contribution in [3.05, 3.63) is 71.4 Å². The number of nitrogens with zero attached hydrogens (tertiary/aromatic N) is 2. The fourth-order valence-corrected chi connectivity index (χ4v) is 6.30. The molecule has 204 valence electrons. The number of benzene rings is 1. The Morgan fingerprint density at radius 1 is 1.13 bits per heavy atom. The summed E-state index contributed by atoms with van der Waals surface area (Å²) in [5, 5.41) is 6.47. The van der Waals surface area contributed by atoms with Gasteiger partial charge in [-0.3, -0.25) is 14.6 Å². The number of alkyl carbamates (subject to hydrolysis) is 1. The predicted molar refractivity (Wildman–Crippen MR) is 152 cm³/mol. The smallest absolute Gasteiger partial charge is 0.408 e. The first-order valence-corrected chi connectivity index (χ1v) is 14.1. The number of rotatable bonds is 5. The summed E-state index contributed by atoms with van der Waals surface area (Å²) in [5.74, 6) is 0.000253. The van der Waals surface area contributed by atoms with E-state index in [0.29, 0.717) is 38.8 Å². The number of piperidine rings is 1. The molecule has 2 amide bonds. The second-order valence-electron chi connectivity index (χ2n) is 11.3. The van der Waals surface area contributed by atoms with Crippen LogP contribution in [0.25, 0.3) is 10.4 Å². The highest BCUT2D eigenvalue weighted by atomic mass is 32.1. The van der Waals surface area contributed by atoms with Gasteiger partial charge in [0, 0.05) is 48.7 Å². The van der Waals surface area contributed by atoms with Gasteiger partial charge in [-0.25, -0.2) is 4.79 Å². The van der Waals surface area contributed by atoms with Crippen molar-refractivity contribution in [1.29, 1.82) is 0 Å². The van der Waals surface area contributed by atoms with Crippen LogP contribution in [0, 0.1) is 0 Å². The summed E-state index contributed by atoms with van der Waals surface area (Å²) >= 11 is 1.51. The third kappa shape index (κ3) is 6.30. The highest BCUT2D eigenvalue weighted by Gasteiger charge is 2.43. The molecule has 1 spiro atoms. The van der Waals surface area contributed by atoms with Crippen molar-refractivity contribution in [2.45, 2.75) is 63.6 Å². The van der Waals surface area contributed by atoms with Crippen molar-refractivity contribution in [2.75, 3.05) is 18.4 Å². The van der Waals surface area contributed by atoms with E-state index in [-0.39, 0.29) is 17.2 Å². The molecule has 1 atom stereocenters. The van der Waals surface area contributed by atoms with Gasteiger partial charge >= 0.3 is 6.09 Å². The molecule has 0 aliphatic carbocycles. The number of amides is 2. The molecule has 1 saturated heterocycles. The first-order chi connectivity index (χ1) is 18.6. The van der Waals surface area contributed by atoms with E-state index in [1.165, 1.54) is 11.3 Å². The van der Waals surface area contributed by atoms with Crippen molar-refractivity contribution >= 4 is 34.8 Å². The quantitative estimate of drug-likeness (QED) is 0.450. The second kappa shape index (κ2) is 10.8. The molecular weight excluding hydrogens is 512 g/mol. The van der Waals surface area contributed by atoms with Crippen LogP contribution in [0.2, 0.25) is 0 Å². The Labute approximate surface area is 232 Å². The number of fused-ring (bicyclic) bond motifs is 1. The van der Waals surface area contributed by atoms with E-state index in [4.69, 9.17) is 4.74 Å². The van der Waals surface area contributed by atoms with E-state index in [1.807, 2.05) is 48.5 Å². The van der Waals surface area contributed by atoms with Crippen molar-refractivity contribution in [3.63, 3.8) is 0 Å². The lowest BCUT2D eigenvalue weighted by molar-refractivity contribution is -0.134. The molecule has 5 rings (SSSR count). The topological polar surface area (TPSA) is 101 Å². The van der Waals surface area contributed by atoms with Crippen LogP contribution in [-0.2, 0) is 16.0 Å². The zero-order valence-corrected chi connectivity index (χ0v) is 23.3. The molecule has 2 N–H and O–H groups in total. The molecule has 1 fully saturated rings. The summed E-state index contributed by atoms with van der Waals surface area (Å²) in [6.45, 7) is 6.38. The fraction of sp³-hybridized carbons (Fsp3) is 0.400. The number of pyridine rings is 1. The van der Waals surface area contributed by atoms with Gasteiger partial charge in [-0.05, 0) is 62.9 Å². The van der Waals surface area contributed by atoms with Crippen molar-refractivity contribution < 1.29 is 19.1 Å². The maximum absolute atomic E-state index is 13.7. The van der Waals surface area contributed by atoms with E-state index in [9.17, 15) is 14.4 Å². The SMILES string of the molecule is CC(C)(C)OC(=O)NC(Cc1ccccc1)C(=O)N1CCC2(CC1)CC(=O)c1sc(-c3ccncc3)cc1N2. The molecule has 9 heteroatoms. The number of hydrogen-bond acceptors (Lipinski definition) is 7. The van der Waals surface area contributed by atoms with Crippen LogP contribution in [0.5, 0.6) is 0 Å². The second-order valence-corrected chi connectivity index (χ2v) is 12.4. The number of likely N-dealkylation sites (tertiary alicyclic amines) is 1. The summed E-state index contributed by atoms with van der Waals surface area (Å²) < 4.78 is 5.44. The van der Waals surface area contributed by atoms with Gasteiger partial charge in [-0.1, -0.05) is 30.3 Å². The Kier molecular flexibility index (Phi) is 7.44. The van der Waals surface area contributed by atoms with Crippen molar-refractivity contribution in [1.82, 2.24) is 15.2 Å². The number of Topliss-reactive ketones (excluding diaryl/α,β-unsaturated/α-hetero) is 1. The monoisotopic (exact) mass is 546 g/mol. The number of carbonyl (C=O) groups excluding carboxylic acids is 3. The maximum atomic E-state index is 13.7. The fourth-order valence-electron chi connectivity index (χ4n) is 5.24. The van der Waals surface area contributed by atoms with Crippen LogP contribution < -0.4 is 10.6 Å². The van der Waals surface area contributed by atoms with Crippen molar-refractivity contribution in [2.24, 2.45) is 0 Å². The third-order valence-electron chi connectivity index (χ3n) is 7.15. The highest BCUT2D eigenvalue weighted by molar-refractivity contribution is 7.18. The van der Waals surface area contributed by atoms with E-state index < -0.39 is 17.7 Å². The molecule has 2 aromatic heterocycles. The number of anilines is 1. The zero-order valence-electron chi connectivity index (χ0n) is 22.5. The lowest BCUT2D eigenvalue weighted by atomic mass is 9.80. The van der Waals surface area contributed by atoms with Crippen LogP contribution in [0.3, 0.4) is 0 Å². The molecule has 1 aromatic carbocycles. The number of nitrogens with one attached hydrogen (secondary N) is 2. The molecule has 8 nitrogen and oxygen atoms in total. The number of ether oxygens (including phenoxy) is 1. The summed E-state index contributed by atoms with van der Waals surface area (Å²) in [4.78, 5) is 47.1. The molecule has 0 radical (unpaired) electrons. The van der Waals surface area contributed by atoms with Crippen molar-refractivity contribution in [3.8, 4) is 10.4 Å². The highest BCUT2D eigenvalue weighted by Crippen LogP contribution is 2.43. The molecular formula is C30H34N4O4S. The van der Waals surface area contributed by atoms with Gasteiger partial charge in [0.15, 0.2) is 5.78 Å². The largest absolute Gasteiger partial charge is 0.444 e. The van der Waals surface area contributed by atoms with Gasteiger partial charge in [0.25, 0.3) is 0 Å². The summed E-state index contributed by atoms with van der Waals surface area (Å²) in [5.41, 5.74) is 1.81. The van der Waals surface area contributed by atoms with Gasteiger partial charge in [0.1, 0.15) is 11.6 Å². The first kappa shape index (κ1) is 26.9. The number of aromatic nitrogens is 1. The lowest BCUT2D eigenvalue weighted by Crippen LogP contribution is -2.57. The average Bonchev–Trinajstić information content (AvgIpc) is 3.33. The molecule has 2 aliphatic heterocycles. The third-order valence-corrected chi connectivity index (χ3v) is 8.38. The normalized spacial score (nSPS) is 17.2. The Hall–Kier alpha value is -3.72. The van der Waals surface area contributed by atoms with Crippen LogP contribution >= 0.6 is 11.3 Å².